The quantitative estimate of drug-likeness (QED) is 0.539. The lowest BCUT2D eigenvalue weighted by atomic mass is 10.2. The molecule has 0 atom stereocenters. The van der Waals surface area contributed by atoms with Crippen molar-refractivity contribution in [3.8, 4) is 0 Å². The summed E-state index contributed by atoms with van der Waals surface area (Å²) in [6.07, 6.45) is 4.20. The van der Waals surface area contributed by atoms with Crippen molar-refractivity contribution >= 4 is 0 Å². The summed E-state index contributed by atoms with van der Waals surface area (Å²) in [5, 5.41) is 3.30. The van der Waals surface area contributed by atoms with Gasteiger partial charge in [-0.1, -0.05) is 13.0 Å². The molecule has 0 saturated heterocycles. The summed E-state index contributed by atoms with van der Waals surface area (Å²) < 4.78 is 5.87. The average Bonchev–Trinajstić information content (AvgIpc) is 2.67. The van der Waals surface area contributed by atoms with Gasteiger partial charge in [-0.25, -0.2) is 0 Å². The van der Waals surface area contributed by atoms with E-state index in [0.717, 1.165) is 50.5 Å². The van der Waals surface area contributed by atoms with Crippen LogP contribution in [0.3, 0.4) is 0 Å². The smallest absolute Gasteiger partial charge is 0.120 e. The van der Waals surface area contributed by atoms with E-state index in [1.807, 2.05) is 6.08 Å². The third-order valence-electron chi connectivity index (χ3n) is 2.98. The molecule has 18 heavy (non-hydrogen) atoms. The second-order valence-corrected chi connectivity index (χ2v) is 4.77. The number of unbranched alkanes of at least 4 members (excludes halogenated alkanes) is 1. The molecule has 1 N–H and O–H groups in total. The molecule has 1 heterocycles. The van der Waals surface area contributed by atoms with Crippen LogP contribution in [-0.4, -0.2) is 25.0 Å². The first kappa shape index (κ1) is 15.0. The number of nitrogens with one attached hydrogen (secondary N) is 1. The lowest BCUT2D eigenvalue weighted by Gasteiger charge is -2.14. The summed E-state index contributed by atoms with van der Waals surface area (Å²) >= 11 is 0. The molecule has 0 amide bonds. The molecule has 1 aromatic rings. The van der Waals surface area contributed by atoms with Gasteiger partial charge in [-0.2, -0.15) is 0 Å². The summed E-state index contributed by atoms with van der Waals surface area (Å²) in [5.41, 5.74) is 1.24. The topological polar surface area (TPSA) is 28.4 Å². The van der Waals surface area contributed by atoms with Crippen molar-refractivity contribution in [3.63, 3.8) is 0 Å². The Bertz CT molecular complexity index is 357. The predicted octanol–water partition coefficient (Wildman–Crippen LogP) is 3.10. The number of aryl methyl sites for hydroxylation is 1. The van der Waals surface area contributed by atoms with Crippen LogP contribution in [0.4, 0.5) is 0 Å². The van der Waals surface area contributed by atoms with Gasteiger partial charge in [0.15, 0.2) is 0 Å². The van der Waals surface area contributed by atoms with E-state index >= 15 is 0 Å². The van der Waals surface area contributed by atoms with Gasteiger partial charge in [0.05, 0.1) is 13.1 Å². The van der Waals surface area contributed by atoms with Crippen LogP contribution in [0.5, 0.6) is 0 Å². The Morgan fingerprint density at radius 1 is 1.50 bits per heavy atom. The van der Waals surface area contributed by atoms with Crippen LogP contribution in [-0.2, 0) is 13.1 Å². The average molecular weight is 250 g/mol. The van der Waals surface area contributed by atoms with E-state index in [0.29, 0.717) is 0 Å². The maximum Gasteiger partial charge on any atom is 0.120 e. The van der Waals surface area contributed by atoms with Gasteiger partial charge in [-0.05, 0) is 51.5 Å². The van der Waals surface area contributed by atoms with Gasteiger partial charge in [0.2, 0.25) is 0 Å². The first-order valence-electron chi connectivity index (χ1n) is 6.75. The van der Waals surface area contributed by atoms with Gasteiger partial charge in [0.1, 0.15) is 11.5 Å². The summed E-state index contributed by atoms with van der Waals surface area (Å²) in [5.74, 6) is 2.12. The van der Waals surface area contributed by atoms with Crippen molar-refractivity contribution in [1.82, 2.24) is 10.2 Å². The second-order valence-electron chi connectivity index (χ2n) is 4.77. The minimum absolute atomic E-state index is 0.822. The van der Waals surface area contributed by atoms with E-state index in [1.54, 1.807) is 0 Å². The van der Waals surface area contributed by atoms with Gasteiger partial charge in [0, 0.05) is 0 Å². The second kappa shape index (κ2) is 8.11. The van der Waals surface area contributed by atoms with E-state index in [-0.39, 0.29) is 0 Å². The molecular weight excluding hydrogens is 224 g/mol. The fraction of sp³-hybridized carbons (Fsp3) is 0.600. The molecule has 102 valence electrons. The van der Waals surface area contributed by atoms with Gasteiger partial charge in [-0.15, -0.1) is 6.58 Å². The zero-order valence-corrected chi connectivity index (χ0v) is 12.0. The molecule has 0 unspecified atom stereocenters. The fourth-order valence-electron chi connectivity index (χ4n) is 1.93. The first-order chi connectivity index (χ1) is 8.67. The molecular formula is C15H26N2O. The highest BCUT2D eigenvalue weighted by atomic mass is 16.3. The van der Waals surface area contributed by atoms with Crippen molar-refractivity contribution in [2.24, 2.45) is 0 Å². The molecule has 3 nitrogen and oxygen atoms in total. The predicted molar refractivity (Wildman–Crippen MR) is 76.6 cm³/mol. The van der Waals surface area contributed by atoms with Gasteiger partial charge in [-0.3, -0.25) is 4.90 Å². The number of hydrogen-bond donors (Lipinski definition) is 1. The highest BCUT2D eigenvalue weighted by Gasteiger charge is 2.08. The molecule has 0 saturated carbocycles. The highest BCUT2D eigenvalue weighted by Crippen LogP contribution is 2.16. The van der Waals surface area contributed by atoms with Crippen LogP contribution in [0.15, 0.2) is 23.1 Å². The van der Waals surface area contributed by atoms with E-state index < -0.39 is 0 Å². The van der Waals surface area contributed by atoms with Crippen LogP contribution in [0.25, 0.3) is 0 Å². The Hall–Kier alpha value is -1.06. The largest absolute Gasteiger partial charge is 0.463 e. The lowest BCUT2D eigenvalue weighted by molar-refractivity contribution is 0.287. The van der Waals surface area contributed by atoms with Crippen LogP contribution in [0.2, 0.25) is 0 Å². The fourth-order valence-corrected chi connectivity index (χ4v) is 1.93. The molecule has 0 aliphatic heterocycles. The third-order valence-corrected chi connectivity index (χ3v) is 2.98. The minimum atomic E-state index is 0.822. The van der Waals surface area contributed by atoms with Gasteiger partial charge >= 0.3 is 0 Å². The monoisotopic (exact) mass is 250 g/mol. The molecule has 0 aliphatic carbocycles. The van der Waals surface area contributed by atoms with E-state index in [9.17, 15) is 0 Å². The van der Waals surface area contributed by atoms with E-state index in [4.69, 9.17) is 4.42 Å². The van der Waals surface area contributed by atoms with Crippen LogP contribution < -0.4 is 5.32 Å². The van der Waals surface area contributed by atoms with Crippen LogP contribution >= 0.6 is 0 Å². The standard InChI is InChI=1S/C15H26N2O/c1-5-7-8-9-17(4)12-14-10-13(3)15(18-14)11-16-6-2/h5,10,16H,1,6-9,11-12H2,2-4H3. The van der Waals surface area contributed by atoms with Crippen molar-refractivity contribution in [2.75, 3.05) is 20.1 Å². The van der Waals surface area contributed by atoms with Crippen LogP contribution in [0.1, 0.15) is 36.8 Å². The summed E-state index contributed by atoms with van der Waals surface area (Å²) in [6, 6.07) is 2.15. The maximum absolute atomic E-state index is 5.87. The Labute approximate surface area is 111 Å². The zero-order valence-electron chi connectivity index (χ0n) is 12.0. The molecule has 0 aromatic carbocycles. The van der Waals surface area contributed by atoms with Crippen molar-refractivity contribution in [3.05, 3.63) is 35.8 Å². The van der Waals surface area contributed by atoms with Crippen LogP contribution in [0, 0.1) is 6.92 Å². The highest BCUT2D eigenvalue weighted by molar-refractivity contribution is 5.19. The summed E-state index contributed by atoms with van der Waals surface area (Å²) in [6.45, 7) is 11.7. The minimum Gasteiger partial charge on any atom is -0.463 e. The molecule has 1 aromatic heterocycles. The summed E-state index contributed by atoms with van der Waals surface area (Å²) in [7, 11) is 2.13. The molecule has 0 fully saturated rings. The number of allylic oxidation sites excluding steroid dienone is 1. The molecule has 1 rings (SSSR count). The first-order valence-corrected chi connectivity index (χ1v) is 6.75. The number of furan rings is 1. The number of nitrogens with zero attached hydrogens (tertiary/aromatic N) is 1. The molecule has 0 radical (unpaired) electrons. The van der Waals surface area contributed by atoms with Gasteiger partial charge < -0.3 is 9.73 Å². The Morgan fingerprint density at radius 2 is 2.28 bits per heavy atom. The van der Waals surface area contributed by atoms with Crippen molar-refractivity contribution in [2.45, 2.75) is 39.8 Å². The molecule has 3 heteroatoms. The van der Waals surface area contributed by atoms with Crippen molar-refractivity contribution < 1.29 is 4.42 Å². The van der Waals surface area contributed by atoms with E-state index in [2.05, 4.69) is 43.8 Å². The van der Waals surface area contributed by atoms with E-state index in [1.165, 1.54) is 5.56 Å². The number of hydrogen-bond acceptors (Lipinski definition) is 3. The molecule has 0 aliphatic rings. The van der Waals surface area contributed by atoms with Gasteiger partial charge in [0.25, 0.3) is 0 Å². The number of rotatable bonds is 9. The normalized spacial score (nSPS) is 11.1. The molecule has 0 bridgehead atoms. The SMILES string of the molecule is C=CCCCN(C)Cc1cc(C)c(CNCC)o1. The third kappa shape index (κ3) is 5.07. The Balaban J connectivity index is 2.43. The van der Waals surface area contributed by atoms with Crippen molar-refractivity contribution in [1.29, 1.82) is 0 Å². The molecule has 0 spiro atoms. The Kier molecular flexibility index (Phi) is 6.76. The zero-order chi connectivity index (χ0) is 13.4. The lowest BCUT2D eigenvalue weighted by Crippen LogP contribution is -2.18. The summed E-state index contributed by atoms with van der Waals surface area (Å²) in [4.78, 5) is 2.29. The maximum atomic E-state index is 5.87. The Morgan fingerprint density at radius 3 is 2.94 bits per heavy atom.